The molecule has 3 N–H and O–H groups in total. The van der Waals surface area contributed by atoms with E-state index in [0.717, 1.165) is 11.8 Å². The topological polar surface area (TPSA) is 38.0 Å². The van der Waals surface area contributed by atoms with Gasteiger partial charge in [0.05, 0.1) is 0 Å². The van der Waals surface area contributed by atoms with Gasteiger partial charge in [-0.15, -0.1) is 0 Å². The first-order valence-electron chi connectivity index (χ1n) is 5.81. The summed E-state index contributed by atoms with van der Waals surface area (Å²) in [4.78, 5) is 0. The third-order valence-electron chi connectivity index (χ3n) is 3.66. The van der Waals surface area contributed by atoms with Crippen LogP contribution < -0.4 is 11.1 Å². The van der Waals surface area contributed by atoms with Gasteiger partial charge in [0, 0.05) is 6.04 Å². The summed E-state index contributed by atoms with van der Waals surface area (Å²) < 4.78 is 0. The molecule has 0 aliphatic heterocycles. The minimum Gasteiger partial charge on any atom is -0.328 e. The second-order valence-corrected chi connectivity index (χ2v) is 4.89. The highest BCUT2D eigenvalue weighted by molar-refractivity contribution is 4.83. The highest BCUT2D eigenvalue weighted by Crippen LogP contribution is 2.29. The van der Waals surface area contributed by atoms with E-state index in [9.17, 15) is 0 Å². The van der Waals surface area contributed by atoms with E-state index < -0.39 is 0 Å². The van der Waals surface area contributed by atoms with Gasteiger partial charge in [0.2, 0.25) is 0 Å². The lowest BCUT2D eigenvalue weighted by Crippen LogP contribution is -2.41. The number of nitrogens with two attached hydrogens (primary N) is 1. The van der Waals surface area contributed by atoms with Crippen LogP contribution in [0.3, 0.4) is 0 Å². The predicted molar refractivity (Wildman–Crippen MR) is 55.5 cm³/mol. The van der Waals surface area contributed by atoms with Crippen LogP contribution in [0.15, 0.2) is 0 Å². The minimum atomic E-state index is 0.512. The number of hydrogen-bond acceptors (Lipinski definition) is 2. The molecule has 2 saturated carbocycles. The summed E-state index contributed by atoms with van der Waals surface area (Å²) in [6.07, 6.45) is 8.33. The number of hydrogen-bond donors (Lipinski definition) is 2. The Morgan fingerprint density at radius 2 is 1.92 bits per heavy atom. The summed E-state index contributed by atoms with van der Waals surface area (Å²) in [5, 5.41) is 3.55. The third-order valence-corrected chi connectivity index (χ3v) is 3.66. The van der Waals surface area contributed by atoms with Crippen LogP contribution in [-0.4, -0.2) is 19.1 Å². The molecule has 2 heteroatoms. The molecule has 2 rings (SSSR count). The van der Waals surface area contributed by atoms with Crippen LogP contribution in [0.4, 0.5) is 0 Å². The van der Waals surface area contributed by atoms with Crippen LogP contribution in [0, 0.1) is 11.8 Å². The smallest absolute Gasteiger partial charge is 0.00450 e. The van der Waals surface area contributed by atoms with Crippen molar-refractivity contribution in [2.24, 2.45) is 17.6 Å². The lowest BCUT2D eigenvalue weighted by atomic mass is 9.80. The van der Waals surface area contributed by atoms with Crippen LogP contribution in [0.5, 0.6) is 0 Å². The van der Waals surface area contributed by atoms with Gasteiger partial charge in [0.25, 0.3) is 0 Å². The molecule has 0 aromatic carbocycles. The maximum absolute atomic E-state index is 5.72. The lowest BCUT2D eigenvalue weighted by molar-refractivity contribution is 0.245. The average Bonchev–Trinajstić information content (AvgIpc) is 1.97. The molecule has 2 nitrogen and oxygen atoms in total. The zero-order valence-electron chi connectivity index (χ0n) is 8.47. The van der Waals surface area contributed by atoms with Gasteiger partial charge in [-0.2, -0.15) is 0 Å². The van der Waals surface area contributed by atoms with Crippen molar-refractivity contribution in [2.45, 2.75) is 44.6 Å². The molecule has 0 aromatic heterocycles. The molecule has 0 heterocycles. The highest BCUT2D eigenvalue weighted by Gasteiger charge is 2.25. The van der Waals surface area contributed by atoms with E-state index in [0.29, 0.717) is 6.04 Å². The Morgan fingerprint density at radius 3 is 2.46 bits per heavy atom. The zero-order valence-corrected chi connectivity index (χ0v) is 8.47. The van der Waals surface area contributed by atoms with Crippen molar-refractivity contribution in [3.05, 3.63) is 0 Å². The first kappa shape index (κ1) is 9.47. The van der Waals surface area contributed by atoms with Crippen molar-refractivity contribution in [3.63, 3.8) is 0 Å². The zero-order chi connectivity index (χ0) is 9.10. The average molecular weight is 182 g/mol. The molecule has 0 atom stereocenters. The monoisotopic (exact) mass is 182 g/mol. The molecule has 0 radical (unpaired) electrons. The fourth-order valence-corrected chi connectivity index (χ4v) is 2.35. The van der Waals surface area contributed by atoms with E-state index in [1.165, 1.54) is 51.6 Å². The summed E-state index contributed by atoms with van der Waals surface area (Å²) in [6, 6.07) is 0.512. The standard InChI is InChI=1S/C11H22N2/c12-11-6-10(7-11)8-13-5-4-9-2-1-3-9/h9-11,13H,1-8,12H2. The summed E-state index contributed by atoms with van der Waals surface area (Å²) in [5.41, 5.74) is 5.72. The van der Waals surface area contributed by atoms with E-state index in [4.69, 9.17) is 5.73 Å². The SMILES string of the molecule is NC1CC(CNCCC2CCC2)C1. The molecular weight excluding hydrogens is 160 g/mol. The molecule has 0 spiro atoms. The predicted octanol–water partition coefficient (Wildman–Crippen LogP) is 1.50. The molecule has 0 aromatic rings. The van der Waals surface area contributed by atoms with Gasteiger partial charge in [-0.25, -0.2) is 0 Å². The van der Waals surface area contributed by atoms with E-state index in [2.05, 4.69) is 5.32 Å². The highest BCUT2D eigenvalue weighted by atomic mass is 14.9. The summed E-state index contributed by atoms with van der Waals surface area (Å²) in [7, 11) is 0. The molecule has 0 bridgehead atoms. The second kappa shape index (κ2) is 4.43. The molecule has 0 unspecified atom stereocenters. The van der Waals surface area contributed by atoms with Crippen LogP contribution in [0.2, 0.25) is 0 Å². The van der Waals surface area contributed by atoms with Gasteiger partial charge in [-0.05, 0) is 44.2 Å². The molecule has 0 saturated heterocycles. The third kappa shape index (κ3) is 2.68. The summed E-state index contributed by atoms with van der Waals surface area (Å²) >= 11 is 0. The molecule has 76 valence electrons. The van der Waals surface area contributed by atoms with Crippen molar-refractivity contribution in [2.75, 3.05) is 13.1 Å². The molecule has 0 amide bonds. The Bertz CT molecular complexity index is 148. The Hall–Kier alpha value is -0.0800. The van der Waals surface area contributed by atoms with Crippen molar-refractivity contribution in [3.8, 4) is 0 Å². The first-order valence-corrected chi connectivity index (χ1v) is 5.81. The van der Waals surface area contributed by atoms with Gasteiger partial charge >= 0.3 is 0 Å². The van der Waals surface area contributed by atoms with Crippen LogP contribution in [-0.2, 0) is 0 Å². The quantitative estimate of drug-likeness (QED) is 0.632. The molecular formula is C11H22N2. The van der Waals surface area contributed by atoms with Gasteiger partial charge in [-0.3, -0.25) is 0 Å². The largest absolute Gasteiger partial charge is 0.328 e. The Labute approximate surface area is 81.3 Å². The van der Waals surface area contributed by atoms with Gasteiger partial charge in [0.15, 0.2) is 0 Å². The number of nitrogens with one attached hydrogen (secondary N) is 1. The van der Waals surface area contributed by atoms with Crippen molar-refractivity contribution < 1.29 is 0 Å². The summed E-state index contributed by atoms with van der Waals surface area (Å²) in [6.45, 7) is 2.44. The summed E-state index contributed by atoms with van der Waals surface area (Å²) in [5.74, 6) is 1.94. The fraction of sp³-hybridized carbons (Fsp3) is 1.00. The molecule has 2 fully saturated rings. The number of rotatable bonds is 5. The van der Waals surface area contributed by atoms with Crippen LogP contribution >= 0.6 is 0 Å². The maximum Gasteiger partial charge on any atom is 0.00450 e. The van der Waals surface area contributed by atoms with Crippen LogP contribution in [0.1, 0.15) is 38.5 Å². The van der Waals surface area contributed by atoms with Crippen LogP contribution in [0.25, 0.3) is 0 Å². The second-order valence-electron chi connectivity index (χ2n) is 4.89. The van der Waals surface area contributed by atoms with Gasteiger partial charge in [0.1, 0.15) is 0 Å². The maximum atomic E-state index is 5.72. The van der Waals surface area contributed by atoms with Crippen molar-refractivity contribution in [1.29, 1.82) is 0 Å². The van der Waals surface area contributed by atoms with E-state index in [-0.39, 0.29) is 0 Å². The minimum absolute atomic E-state index is 0.512. The van der Waals surface area contributed by atoms with E-state index in [1.54, 1.807) is 0 Å². The van der Waals surface area contributed by atoms with Gasteiger partial charge < -0.3 is 11.1 Å². The molecule has 2 aliphatic carbocycles. The Morgan fingerprint density at radius 1 is 1.15 bits per heavy atom. The Kier molecular flexibility index (Phi) is 3.23. The van der Waals surface area contributed by atoms with Crippen molar-refractivity contribution in [1.82, 2.24) is 5.32 Å². The lowest BCUT2D eigenvalue weighted by Gasteiger charge is -2.33. The van der Waals surface area contributed by atoms with E-state index in [1.807, 2.05) is 0 Å². The van der Waals surface area contributed by atoms with Gasteiger partial charge in [-0.1, -0.05) is 19.3 Å². The molecule has 13 heavy (non-hydrogen) atoms. The fourth-order valence-electron chi connectivity index (χ4n) is 2.35. The molecule has 2 aliphatic rings. The first-order chi connectivity index (χ1) is 6.34. The van der Waals surface area contributed by atoms with Crippen molar-refractivity contribution >= 4 is 0 Å². The Balaban J connectivity index is 1.41. The van der Waals surface area contributed by atoms with E-state index >= 15 is 0 Å². The normalized spacial score (nSPS) is 33.9.